The maximum absolute atomic E-state index is 11.9. The maximum Gasteiger partial charge on any atom is 0.251 e. The Kier molecular flexibility index (Phi) is 5.16. The zero-order chi connectivity index (χ0) is 16.1. The Morgan fingerprint density at radius 1 is 1.23 bits per heavy atom. The van der Waals surface area contributed by atoms with Crippen LogP contribution >= 0.6 is 15.9 Å². The fourth-order valence-corrected chi connectivity index (χ4v) is 2.16. The van der Waals surface area contributed by atoms with Crippen LogP contribution in [-0.2, 0) is 4.79 Å². The van der Waals surface area contributed by atoms with Gasteiger partial charge in [0, 0.05) is 24.4 Å². The van der Waals surface area contributed by atoms with Gasteiger partial charge >= 0.3 is 0 Å². The van der Waals surface area contributed by atoms with E-state index in [1.165, 1.54) is 6.08 Å². The van der Waals surface area contributed by atoms with Gasteiger partial charge in [0.05, 0.1) is 0 Å². The van der Waals surface area contributed by atoms with Gasteiger partial charge in [-0.05, 0) is 64.8 Å². The highest BCUT2D eigenvalue weighted by atomic mass is 79.9. The van der Waals surface area contributed by atoms with Crippen molar-refractivity contribution in [1.82, 2.24) is 5.32 Å². The smallest absolute Gasteiger partial charge is 0.251 e. The van der Waals surface area contributed by atoms with Crippen LogP contribution in [0.1, 0.15) is 21.7 Å². The molecule has 1 aromatic carbocycles. The summed E-state index contributed by atoms with van der Waals surface area (Å²) in [6, 6.07) is 8.59. The van der Waals surface area contributed by atoms with E-state index in [0.29, 0.717) is 21.7 Å². The summed E-state index contributed by atoms with van der Waals surface area (Å²) in [6.07, 6.45) is 2.96. The highest BCUT2D eigenvalue weighted by molar-refractivity contribution is 9.10. The summed E-state index contributed by atoms with van der Waals surface area (Å²) >= 11 is 3.19. The van der Waals surface area contributed by atoms with E-state index in [9.17, 15) is 9.59 Å². The van der Waals surface area contributed by atoms with Crippen LogP contribution in [0.25, 0.3) is 6.08 Å². The quantitative estimate of drug-likeness (QED) is 0.819. The SMILES string of the molecule is CNC(=O)c1ccc(NC(=O)/C=C/c2ccc(Br)o2)c(C)c1. The highest BCUT2D eigenvalue weighted by Crippen LogP contribution is 2.17. The Hall–Kier alpha value is -2.34. The number of nitrogens with one attached hydrogen (secondary N) is 2. The second kappa shape index (κ2) is 7.09. The lowest BCUT2D eigenvalue weighted by atomic mass is 10.1. The number of aryl methyl sites for hydroxylation is 1. The predicted octanol–water partition coefficient (Wildman–Crippen LogP) is 3.36. The van der Waals surface area contributed by atoms with E-state index in [0.717, 1.165) is 5.56 Å². The van der Waals surface area contributed by atoms with Gasteiger partial charge < -0.3 is 15.1 Å². The highest BCUT2D eigenvalue weighted by Gasteiger charge is 2.07. The fourth-order valence-electron chi connectivity index (χ4n) is 1.84. The maximum atomic E-state index is 11.9. The van der Waals surface area contributed by atoms with Crippen molar-refractivity contribution in [2.75, 3.05) is 12.4 Å². The number of rotatable bonds is 4. The van der Waals surface area contributed by atoms with Gasteiger partial charge in [-0.3, -0.25) is 9.59 Å². The van der Waals surface area contributed by atoms with E-state index >= 15 is 0 Å². The first-order chi connectivity index (χ1) is 10.5. The van der Waals surface area contributed by atoms with Crippen molar-refractivity contribution in [3.63, 3.8) is 0 Å². The minimum Gasteiger partial charge on any atom is -0.450 e. The van der Waals surface area contributed by atoms with E-state index in [-0.39, 0.29) is 11.8 Å². The standard InChI is InChI=1S/C16H15BrN2O3/c1-10-9-11(16(21)18-2)3-6-13(10)19-15(20)8-5-12-4-7-14(17)22-12/h3-9H,1-2H3,(H,18,21)(H,19,20)/b8-5+. The minimum absolute atomic E-state index is 0.163. The summed E-state index contributed by atoms with van der Waals surface area (Å²) in [7, 11) is 1.57. The first-order valence-electron chi connectivity index (χ1n) is 6.56. The van der Waals surface area contributed by atoms with Crippen LogP contribution in [0.3, 0.4) is 0 Å². The fraction of sp³-hybridized carbons (Fsp3) is 0.125. The van der Waals surface area contributed by atoms with E-state index in [2.05, 4.69) is 26.6 Å². The number of furan rings is 1. The van der Waals surface area contributed by atoms with Gasteiger partial charge in [-0.25, -0.2) is 0 Å². The van der Waals surface area contributed by atoms with E-state index in [1.54, 1.807) is 43.5 Å². The predicted molar refractivity (Wildman–Crippen MR) is 88.6 cm³/mol. The van der Waals surface area contributed by atoms with Crippen molar-refractivity contribution >= 4 is 39.5 Å². The van der Waals surface area contributed by atoms with E-state index in [4.69, 9.17) is 4.42 Å². The van der Waals surface area contributed by atoms with Gasteiger partial charge in [0.25, 0.3) is 5.91 Å². The lowest BCUT2D eigenvalue weighted by Crippen LogP contribution is -2.18. The number of carbonyl (C=O) groups excluding carboxylic acids is 2. The van der Waals surface area contributed by atoms with Crippen molar-refractivity contribution in [3.8, 4) is 0 Å². The van der Waals surface area contributed by atoms with Crippen LogP contribution in [0, 0.1) is 6.92 Å². The van der Waals surface area contributed by atoms with Crippen molar-refractivity contribution in [2.24, 2.45) is 0 Å². The number of hydrogen-bond acceptors (Lipinski definition) is 3. The minimum atomic E-state index is -0.275. The number of benzene rings is 1. The summed E-state index contributed by atoms with van der Waals surface area (Å²) < 4.78 is 5.87. The molecule has 0 radical (unpaired) electrons. The molecule has 1 aromatic heterocycles. The molecule has 22 heavy (non-hydrogen) atoms. The molecule has 2 amide bonds. The molecule has 6 heteroatoms. The van der Waals surface area contributed by atoms with Crippen LogP contribution < -0.4 is 10.6 Å². The Morgan fingerprint density at radius 2 is 2.00 bits per heavy atom. The largest absolute Gasteiger partial charge is 0.450 e. The molecule has 2 aromatic rings. The molecule has 0 aliphatic carbocycles. The van der Waals surface area contributed by atoms with Crippen molar-refractivity contribution in [1.29, 1.82) is 0 Å². The van der Waals surface area contributed by atoms with Crippen LogP contribution in [0.2, 0.25) is 0 Å². The molecule has 1 heterocycles. The number of halogens is 1. The number of carbonyl (C=O) groups is 2. The molecule has 0 fully saturated rings. The molecule has 0 unspecified atom stereocenters. The van der Waals surface area contributed by atoms with Crippen LogP contribution in [0.4, 0.5) is 5.69 Å². The summed E-state index contributed by atoms with van der Waals surface area (Å²) in [5.41, 5.74) is 2.01. The molecule has 0 saturated carbocycles. The lowest BCUT2D eigenvalue weighted by molar-refractivity contribution is -0.111. The average Bonchev–Trinajstić information content (AvgIpc) is 2.92. The Balaban J connectivity index is 2.05. The Labute approximate surface area is 136 Å². The van der Waals surface area contributed by atoms with E-state index < -0.39 is 0 Å². The molecule has 5 nitrogen and oxygen atoms in total. The third-order valence-electron chi connectivity index (χ3n) is 2.97. The zero-order valence-electron chi connectivity index (χ0n) is 12.1. The summed E-state index contributed by atoms with van der Waals surface area (Å²) in [4.78, 5) is 23.4. The van der Waals surface area contributed by atoms with Gasteiger partial charge in [0.2, 0.25) is 5.91 Å². The molecule has 2 N–H and O–H groups in total. The Morgan fingerprint density at radius 3 is 2.59 bits per heavy atom. The molecular formula is C16H15BrN2O3. The molecule has 0 saturated heterocycles. The second-order valence-corrected chi connectivity index (χ2v) is 5.35. The van der Waals surface area contributed by atoms with Crippen molar-refractivity contribution in [2.45, 2.75) is 6.92 Å². The number of hydrogen-bond donors (Lipinski definition) is 2. The van der Waals surface area contributed by atoms with Gasteiger partial charge in [-0.1, -0.05) is 0 Å². The molecule has 2 rings (SSSR count). The third-order valence-corrected chi connectivity index (χ3v) is 3.39. The molecule has 114 valence electrons. The first-order valence-corrected chi connectivity index (χ1v) is 7.36. The summed E-state index contributed by atoms with van der Waals surface area (Å²) in [5, 5.41) is 5.32. The molecule has 0 aliphatic rings. The molecule has 0 atom stereocenters. The first kappa shape index (κ1) is 16.0. The zero-order valence-corrected chi connectivity index (χ0v) is 13.7. The van der Waals surface area contributed by atoms with Crippen LogP contribution in [0.5, 0.6) is 0 Å². The molecule has 0 aliphatic heterocycles. The molecule has 0 spiro atoms. The monoisotopic (exact) mass is 362 g/mol. The topological polar surface area (TPSA) is 71.3 Å². The summed E-state index contributed by atoms with van der Waals surface area (Å²) in [5.74, 6) is 0.140. The second-order valence-electron chi connectivity index (χ2n) is 4.57. The lowest BCUT2D eigenvalue weighted by Gasteiger charge is -2.08. The van der Waals surface area contributed by atoms with Crippen molar-refractivity contribution < 1.29 is 14.0 Å². The number of amides is 2. The molecular weight excluding hydrogens is 348 g/mol. The molecule has 0 bridgehead atoms. The average molecular weight is 363 g/mol. The van der Waals surface area contributed by atoms with Gasteiger partial charge in [0.15, 0.2) is 4.67 Å². The van der Waals surface area contributed by atoms with Gasteiger partial charge in [0.1, 0.15) is 5.76 Å². The van der Waals surface area contributed by atoms with E-state index in [1.807, 2.05) is 6.92 Å². The van der Waals surface area contributed by atoms with Crippen molar-refractivity contribution in [3.05, 3.63) is 58.0 Å². The van der Waals surface area contributed by atoms with Gasteiger partial charge in [-0.15, -0.1) is 0 Å². The van der Waals surface area contributed by atoms with Gasteiger partial charge in [-0.2, -0.15) is 0 Å². The normalized spacial score (nSPS) is 10.7. The number of anilines is 1. The Bertz CT molecular complexity index is 735. The third kappa shape index (κ3) is 4.08. The summed E-state index contributed by atoms with van der Waals surface area (Å²) in [6.45, 7) is 1.83. The van der Waals surface area contributed by atoms with Crippen LogP contribution in [0.15, 0.2) is 45.5 Å². The van der Waals surface area contributed by atoms with Crippen LogP contribution in [-0.4, -0.2) is 18.9 Å².